The van der Waals surface area contributed by atoms with Crippen LogP contribution in [0.2, 0.25) is 5.02 Å². The number of amides is 1. The lowest BCUT2D eigenvalue weighted by Crippen LogP contribution is -2.25. The highest BCUT2D eigenvalue weighted by molar-refractivity contribution is 6.33. The molecule has 5 heteroatoms. The van der Waals surface area contributed by atoms with Crippen molar-refractivity contribution in [3.8, 4) is 5.75 Å². The van der Waals surface area contributed by atoms with E-state index in [9.17, 15) is 4.79 Å². The average Bonchev–Trinajstić information content (AvgIpc) is 2.87. The third kappa shape index (κ3) is 2.70. The molecule has 2 atom stereocenters. The van der Waals surface area contributed by atoms with Crippen molar-refractivity contribution < 1.29 is 9.53 Å². The van der Waals surface area contributed by atoms with Crippen LogP contribution in [0.4, 0.5) is 11.4 Å². The molecule has 1 aliphatic heterocycles. The summed E-state index contributed by atoms with van der Waals surface area (Å²) in [6.07, 6.45) is 4.90. The molecule has 1 heterocycles. The molecule has 0 saturated heterocycles. The van der Waals surface area contributed by atoms with E-state index in [2.05, 4.69) is 17.6 Å². The van der Waals surface area contributed by atoms with Gasteiger partial charge in [-0.2, -0.15) is 0 Å². The lowest BCUT2D eigenvalue weighted by Gasteiger charge is -2.21. The van der Waals surface area contributed by atoms with Crippen LogP contribution < -0.4 is 15.4 Å². The molecule has 0 bridgehead atoms. The van der Waals surface area contributed by atoms with E-state index >= 15 is 0 Å². The quantitative estimate of drug-likeness (QED) is 0.894. The van der Waals surface area contributed by atoms with Gasteiger partial charge >= 0.3 is 0 Å². The van der Waals surface area contributed by atoms with Gasteiger partial charge in [-0.25, -0.2) is 0 Å². The van der Waals surface area contributed by atoms with E-state index < -0.39 is 0 Å². The summed E-state index contributed by atoms with van der Waals surface area (Å²) in [6.45, 7) is 2.31. The highest BCUT2D eigenvalue weighted by Gasteiger charge is 2.25. The molecule has 3 rings (SSSR count). The maximum atomic E-state index is 11.3. The van der Waals surface area contributed by atoms with Gasteiger partial charge in [0.1, 0.15) is 5.75 Å². The molecule has 2 N–H and O–H groups in total. The van der Waals surface area contributed by atoms with E-state index in [-0.39, 0.29) is 12.5 Å². The van der Waals surface area contributed by atoms with E-state index in [4.69, 9.17) is 16.3 Å². The van der Waals surface area contributed by atoms with E-state index in [1.165, 1.54) is 25.7 Å². The first-order valence-corrected chi connectivity index (χ1v) is 7.56. The molecule has 4 nitrogen and oxygen atoms in total. The first-order valence-electron chi connectivity index (χ1n) is 7.18. The minimum Gasteiger partial charge on any atom is -0.482 e. The van der Waals surface area contributed by atoms with Gasteiger partial charge < -0.3 is 15.4 Å². The van der Waals surface area contributed by atoms with Gasteiger partial charge in [-0.1, -0.05) is 24.9 Å². The molecule has 1 saturated carbocycles. The van der Waals surface area contributed by atoms with Crippen LogP contribution in [-0.4, -0.2) is 18.6 Å². The summed E-state index contributed by atoms with van der Waals surface area (Å²) in [6, 6.07) is 4.12. The Labute approximate surface area is 123 Å². The van der Waals surface area contributed by atoms with Crippen molar-refractivity contribution in [3.63, 3.8) is 0 Å². The third-order valence-corrected chi connectivity index (χ3v) is 4.49. The summed E-state index contributed by atoms with van der Waals surface area (Å²) in [5, 5.41) is 6.89. The van der Waals surface area contributed by atoms with Gasteiger partial charge in [0.25, 0.3) is 5.91 Å². The molecule has 0 radical (unpaired) electrons. The summed E-state index contributed by atoms with van der Waals surface area (Å²) in [7, 11) is 0. The van der Waals surface area contributed by atoms with Gasteiger partial charge in [-0.15, -0.1) is 0 Å². The molecular formula is C15H19ClN2O2. The van der Waals surface area contributed by atoms with Crippen LogP contribution in [-0.2, 0) is 4.79 Å². The second-order valence-corrected chi connectivity index (χ2v) is 6.00. The zero-order chi connectivity index (χ0) is 14.1. The van der Waals surface area contributed by atoms with Gasteiger partial charge in [0.2, 0.25) is 0 Å². The number of hydrogen-bond donors (Lipinski definition) is 2. The molecule has 2 aliphatic rings. The predicted octanol–water partition coefficient (Wildman–Crippen LogP) is 3.66. The number of ether oxygens (including phenoxy) is 1. The maximum Gasteiger partial charge on any atom is 0.262 e. The van der Waals surface area contributed by atoms with Gasteiger partial charge in [0.05, 0.1) is 16.4 Å². The van der Waals surface area contributed by atoms with Crippen LogP contribution in [0, 0.1) is 5.92 Å². The van der Waals surface area contributed by atoms with Gasteiger partial charge in [-0.05, 0) is 31.2 Å². The number of carbonyl (C=O) groups excluding carboxylic acids is 1. The van der Waals surface area contributed by atoms with Crippen LogP contribution in [0.3, 0.4) is 0 Å². The Bertz CT molecular complexity index is 533. The third-order valence-electron chi connectivity index (χ3n) is 4.18. The van der Waals surface area contributed by atoms with E-state index in [0.29, 0.717) is 22.5 Å². The number of anilines is 2. The first-order chi connectivity index (χ1) is 9.65. The number of benzene rings is 1. The highest BCUT2D eigenvalue weighted by Crippen LogP contribution is 2.38. The Balaban J connectivity index is 1.76. The summed E-state index contributed by atoms with van der Waals surface area (Å²) < 4.78 is 5.43. The van der Waals surface area contributed by atoms with E-state index in [1.807, 2.05) is 6.07 Å². The van der Waals surface area contributed by atoms with Crippen LogP contribution in [0.15, 0.2) is 12.1 Å². The number of rotatable bonds is 3. The van der Waals surface area contributed by atoms with Gasteiger partial charge in [0, 0.05) is 12.1 Å². The molecule has 1 aromatic carbocycles. The molecule has 1 fully saturated rings. The van der Waals surface area contributed by atoms with Crippen molar-refractivity contribution >= 4 is 28.9 Å². The Kier molecular flexibility index (Phi) is 3.74. The number of hydrogen-bond acceptors (Lipinski definition) is 3. The molecule has 1 aromatic rings. The molecule has 20 heavy (non-hydrogen) atoms. The molecule has 2 unspecified atom stereocenters. The van der Waals surface area contributed by atoms with Crippen molar-refractivity contribution in [2.24, 2.45) is 5.92 Å². The zero-order valence-electron chi connectivity index (χ0n) is 11.5. The second-order valence-electron chi connectivity index (χ2n) is 5.59. The van der Waals surface area contributed by atoms with Crippen LogP contribution in [0.1, 0.15) is 32.6 Å². The van der Waals surface area contributed by atoms with Gasteiger partial charge in [-0.3, -0.25) is 4.79 Å². The van der Waals surface area contributed by atoms with E-state index in [0.717, 1.165) is 11.6 Å². The fourth-order valence-electron chi connectivity index (χ4n) is 3.01. The Morgan fingerprint density at radius 2 is 2.30 bits per heavy atom. The maximum absolute atomic E-state index is 11.3. The molecule has 1 aliphatic carbocycles. The van der Waals surface area contributed by atoms with Crippen LogP contribution >= 0.6 is 11.6 Å². The molecule has 0 spiro atoms. The number of halogens is 1. The molecular weight excluding hydrogens is 276 g/mol. The largest absolute Gasteiger partial charge is 0.482 e. The van der Waals surface area contributed by atoms with Crippen molar-refractivity contribution in [2.75, 3.05) is 17.2 Å². The van der Waals surface area contributed by atoms with Gasteiger partial charge in [0.15, 0.2) is 6.61 Å². The highest BCUT2D eigenvalue weighted by atomic mass is 35.5. The molecule has 1 amide bonds. The summed E-state index contributed by atoms with van der Waals surface area (Å²) in [5.74, 6) is 1.36. The fraction of sp³-hybridized carbons (Fsp3) is 0.533. The average molecular weight is 295 g/mol. The van der Waals surface area contributed by atoms with Crippen molar-refractivity contribution in [2.45, 2.75) is 38.6 Å². The normalized spacial score (nSPS) is 24.8. The SMILES string of the molecule is CCC1CCC(Nc2cc3c(cc2Cl)NC(=O)CO3)C1. The zero-order valence-corrected chi connectivity index (χ0v) is 12.3. The van der Waals surface area contributed by atoms with Crippen molar-refractivity contribution in [3.05, 3.63) is 17.2 Å². The number of fused-ring (bicyclic) bond motifs is 1. The van der Waals surface area contributed by atoms with Crippen LogP contribution in [0.5, 0.6) is 5.75 Å². The number of nitrogens with one attached hydrogen (secondary N) is 2. The summed E-state index contributed by atoms with van der Waals surface area (Å²) in [5.41, 5.74) is 1.54. The van der Waals surface area contributed by atoms with Crippen molar-refractivity contribution in [1.82, 2.24) is 0 Å². The Morgan fingerprint density at radius 3 is 3.05 bits per heavy atom. The molecule has 0 aromatic heterocycles. The molecule has 108 valence electrons. The minimum atomic E-state index is -0.143. The lowest BCUT2D eigenvalue weighted by atomic mass is 10.1. The monoisotopic (exact) mass is 294 g/mol. The second kappa shape index (κ2) is 5.52. The summed E-state index contributed by atoms with van der Waals surface area (Å²) >= 11 is 6.29. The Morgan fingerprint density at radius 1 is 1.45 bits per heavy atom. The number of carbonyl (C=O) groups is 1. The predicted molar refractivity (Wildman–Crippen MR) is 80.6 cm³/mol. The van der Waals surface area contributed by atoms with Crippen molar-refractivity contribution in [1.29, 1.82) is 0 Å². The first kappa shape index (κ1) is 13.6. The smallest absolute Gasteiger partial charge is 0.262 e. The minimum absolute atomic E-state index is 0.0649. The Hall–Kier alpha value is -1.42. The lowest BCUT2D eigenvalue weighted by molar-refractivity contribution is -0.118. The van der Waals surface area contributed by atoms with Crippen LogP contribution in [0.25, 0.3) is 0 Å². The topological polar surface area (TPSA) is 50.4 Å². The summed E-state index contributed by atoms with van der Waals surface area (Å²) in [4.78, 5) is 11.3. The standard InChI is InChI=1S/C15H19ClN2O2/c1-2-9-3-4-10(5-9)17-12-7-14-13(6-11(12)16)18-15(19)8-20-14/h6-7,9-10,17H,2-5,8H2,1H3,(H,18,19). The van der Waals surface area contributed by atoms with E-state index in [1.54, 1.807) is 6.07 Å². The fourth-order valence-corrected chi connectivity index (χ4v) is 3.23.